The molecule has 0 bridgehead atoms. The Bertz CT molecular complexity index is 816. The van der Waals surface area contributed by atoms with Gasteiger partial charge in [0, 0.05) is 29.2 Å². The first-order valence-electron chi connectivity index (χ1n) is 9.96. The molecule has 1 saturated heterocycles. The second-order valence-corrected chi connectivity index (χ2v) is 8.02. The van der Waals surface area contributed by atoms with Crippen LogP contribution in [0.5, 0.6) is 0 Å². The third-order valence-electron chi connectivity index (χ3n) is 5.61. The summed E-state index contributed by atoms with van der Waals surface area (Å²) in [7, 11) is 0. The summed E-state index contributed by atoms with van der Waals surface area (Å²) < 4.78 is 0. The molecule has 2 aromatic rings. The summed E-state index contributed by atoms with van der Waals surface area (Å²) in [6.45, 7) is 4.67. The molecule has 0 unspecified atom stereocenters. The molecule has 0 radical (unpaired) electrons. The lowest BCUT2D eigenvalue weighted by molar-refractivity contribution is 0.415. The van der Waals surface area contributed by atoms with Gasteiger partial charge >= 0.3 is 0 Å². The molecule has 0 aromatic heterocycles. The molecule has 1 fully saturated rings. The Hall–Kier alpha value is -2.30. The largest absolute Gasteiger partial charge is 0.368 e. The van der Waals surface area contributed by atoms with E-state index in [-0.39, 0.29) is 0 Å². The summed E-state index contributed by atoms with van der Waals surface area (Å²) in [4.78, 5) is 6.68. The number of rotatable bonds is 7. The zero-order valence-corrected chi connectivity index (χ0v) is 16.8. The maximum Gasteiger partial charge on any atom is 0.107 e. The summed E-state index contributed by atoms with van der Waals surface area (Å²) in [6.07, 6.45) is 5.09. The highest BCUT2D eigenvalue weighted by atomic mass is 35.5. The molecule has 28 heavy (non-hydrogen) atoms. The van der Waals surface area contributed by atoms with Gasteiger partial charge in [0.1, 0.15) is 6.67 Å². The lowest BCUT2D eigenvalue weighted by atomic mass is 9.89. The smallest absolute Gasteiger partial charge is 0.107 e. The number of nitrogens with one attached hydrogen (secondary N) is 2. The van der Waals surface area contributed by atoms with Crippen LogP contribution in [0.3, 0.4) is 0 Å². The number of allylic oxidation sites excluding steroid dienone is 1. The lowest BCUT2D eigenvalue weighted by Gasteiger charge is -2.31. The average Bonchev–Trinajstić information content (AvgIpc) is 3.16. The van der Waals surface area contributed by atoms with Crippen molar-refractivity contribution < 1.29 is 0 Å². The van der Waals surface area contributed by atoms with E-state index < -0.39 is 0 Å². The van der Waals surface area contributed by atoms with Gasteiger partial charge in [-0.25, -0.2) is 0 Å². The monoisotopic (exact) mass is 394 g/mol. The van der Waals surface area contributed by atoms with Gasteiger partial charge in [0.25, 0.3) is 0 Å². The van der Waals surface area contributed by atoms with E-state index in [1.54, 1.807) is 0 Å². The first-order valence-corrected chi connectivity index (χ1v) is 10.3. The molecule has 4 nitrogen and oxygen atoms in total. The van der Waals surface area contributed by atoms with E-state index in [1.807, 2.05) is 18.3 Å². The van der Waals surface area contributed by atoms with Gasteiger partial charge in [0.15, 0.2) is 0 Å². The predicted octanol–water partition coefficient (Wildman–Crippen LogP) is 3.74. The van der Waals surface area contributed by atoms with Crippen molar-refractivity contribution in [1.82, 2.24) is 10.6 Å². The Morgan fingerprint density at radius 3 is 2.54 bits per heavy atom. The summed E-state index contributed by atoms with van der Waals surface area (Å²) in [6, 6.07) is 19.0. The molecule has 0 spiro atoms. The SMILES string of the molecule is Clc1ccc(N(CC2=CC=NCN2)C[C@H]2CNC[C@@H]2Cc2ccccc2)cc1. The van der Waals surface area contributed by atoms with E-state index in [0.717, 1.165) is 37.6 Å². The third-order valence-corrected chi connectivity index (χ3v) is 5.86. The van der Waals surface area contributed by atoms with E-state index >= 15 is 0 Å². The van der Waals surface area contributed by atoms with E-state index in [2.05, 4.69) is 69.1 Å². The molecule has 2 aromatic carbocycles. The van der Waals surface area contributed by atoms with Crippen LogP contribution in [0.4, 0.5) is 5.69 Å². The van der Waals surface area contributed by atoms with Crippen LogP contribution in [-0.4, -0.2) is 39.1 Å². The molecule has 2 aliphatic rings. The van der Waals surface area contributed by atoms with Crippen molar-refractivity contribution >= 4 is 23.5 Å². The van der Waals surface area contributed by atoms with Crippen molar-refractivity contribution in [3.05, 3.63) is 77.0 Å². The summed E-state index contributed by atoms with van der Waals surface area (Å²) in [5.41, 5.74) is 3.84. The van der Waals surface area contributed by atoms with E-state index in [1.165, 1.54) is 16.9 Å². The van der Waals surface area contributed by atoms with Crippen LogP contribution < -0.4 is 15.5 Å². The maximum absolute atomic E-state index is 6.12. The highest BCUT2D eigenvalue weighted by molar-refractivity contribution is 6.30. The van der Waals surface area contributed by atoms with Crippen LogP contribution in [0.1, 0.15) is 5.56 Å². The zero-order chi connectivity index (χ0) is 19.2. The Labute approximate surface area is 172 Å². The van der Waals surface area contributed by atoms with Crippen LogP contribution in [0.15, 0.2) is 71.4 Å². The number of aliphatic imine (C=N–C) groups is 1. The minimum absolute atomic E-state index is 0.605. The first kappa shape index (κ1) is 19.0. The number of benzene rings is 2. The van der Waals surface area contributed by atoms with Crippen molar-refractivity contribution in [3.8, 4) is 0 Å². The minimum Gasteiger partial charge on any atom is -0.368 e. The molecule has 0 saturated carbocycles. The molecule has 2 atom stereocenters. The van der Waals surface area contributed by atoms with Crippen molar-refractivity contribution in [3.63, 3.8) is 0 Å². The van der Waals surface area contributed by atoms with Gasteiger partial charge < -0.3 is 15.5 Å². The van der Waals surface area contributed by atoms with Crippen molar-refractivity contribution in [2.45, 2.75) is 6.42 Å². The fourth-order valence-corrected chi connectivity index (χ4v) is 4.19. The third kappa shape index (κ3) is 4.94. The second kappa shape index (κ2) is 9.26. The van der Waals surface area contributed by atoms with Crippen LogP contribution in [0, 0.1) is 11.8 Å². The average molecular weight is 395 g/mol. The standard InChI is InChI=1S/C23H27ClN4/c24-21-6-8-23(9-7-21)28(16-22-10-11-25-17-27-22)15-20-14-26-13-19(20)12-18-4-2-1-3-5-18/h1-11,19-20,26-27H,12-17H2/t19-,20+/m0/s1. The predicted molar refractivity (Wildman–Crippen MR) is 118 cm³/mol. The zero-order valence-electron chi connectivity index (χ0n) is 16.0. The van der Waals surface area contributed by atoms with Gasteiger partial charge in [-0.2, -0.15) is 0 Å². The summed E-state index contributed by atoms with van der Waals surface area (Å²) >= 11 is 6.12. The Morgan fingerprint density at radius 1 is 1.00 bits per heavy atom. The number of anilines is 1. The molecule has 5 heteroatoms. The van der Waals surface area contributed by atoms with Gasteiger partial charge in [-0.1, -0.05) is 41.9 Å². The Balaban J connectivity index is 1.49. The molecule has 2 heterocycles. The van der Waals surface area contributed by atoms with E-state index in [9.17, 15) is 0 Å². The highest BCUT2D eigenvalue weighted by Crippen LogP contribution is 2.26. The second-order valence-electron chi connectivity index (χ2n) is 7.58. The van der Waals surface area contributed by atoms with Gasteiger partial charge in [-0.15, -0.1) is 0 Å². The van der Waals surface area contributed by atoms with Crippen LogP contribution in [-0.2, 0) is 6.42 Å². The minimum atomic E-state index is 0.605. The number of hydrogen-bond donors (Lipinski definition) is 2. The van der Waals surface area contributed by atoms with E-state index in [4.69, 9.17) is 11.6 Å². The van der Waals surface area contributed by atoms with Crippen molar-refractivity contribution in [1.29, 1.82) is 0 Å². The molecule has 0 amide bonds. The van der Waals surface area contributed by atoms with Gasteiger partial charge in [0.05, 0.1) is 6.54 Å². The topological polar surface area (TPSA) is 39.7 Å². The van der Waals surface area contributed by atoms with Crippen LogP contribution >= 0.6 is 11.6 Å². The molecule has 4 rings (SSSR count). The van der Waals surface area contributed by atoms with Gasteiger partial charge in [-0.3, -0.25) is 4.99 Å². The number of hydrogen-bond acceptors (Lipinski definition) is 4. The van der Waals surface area contributed by atoms with E-state index in [0.29, 0.717) is 18.5 Å². The molecular formula is C23H27ClN4. The van der Waals surface area contributed by atoms with Crippen molar-refractivity contribution in [2.24, 2.45) is 16.8 Å². The molecule has 2 N–H and O–H groups in total. The van der Waals surface area contributed by atoms with Gasteiger partial charge in [0.2, 0.25) is 0 Å². The van der Waals surface area contributed by atoms with Gasteiger partial charge in [-0.05, 0) is 67.3 Å². The molecule has 0 aliphatic carbocycles. The quantitative estimate of drug-likeness (QED) is 0.751. The summed E-state index contributed by atoms with van der Waals surface area (Å²) in [5, 5.41) is 7.77. The fraction of sp³-hybridized carbons (Fsp3) is 0.348. The fourth-order valence-electron chi connectivity index (χ4n) is 4.07. The molecule has 2 aliphatic heterocycles. The number of halogens is 1. The molecular weight excluding hydrogens is 368 g/mol. The molecule has 146 valence electrons. The maximum atomic E-state index is 6.12. The number of nitrogens with zero attached hydrogens (tertiary/aromatic N) is 2. The Morgan fingerprint density at radius 2 is 1.79 bits per heavy atom. The van der Waals surface area contributed by atoms with Crippen LogP contribution in [0.2, 0.25) is 5.02 Å². The van der Waals surface area contributed by atoms with Crippen molar-refractivity contribution in [2.75, 3.05) is 37.7 Å². The Kier molecular flexibility index (Phi) is 6.30. The first-order chi connectivity index (χ1) is 13.8. The lowest BCUT2D eigenvalue weighted by Crippen LogP contribution is -2.37. The highest BCUT2D eigenvalue weighted by Gasteiger charge is 2.29. The normalized spacial score (nSPS) is 21.2. The summed E-state index contributed by atoms with van der Waals surface area (Å²) in [5.74, 6) is 1.25. The van der Waals surface area contributed by atoms with Crippen LogP contribution in [0.25, 0.3) is 0 Å².